The van der Waals surface area contributed by atoms with Gasteiger partial charge in [0.15, 0.2) is 0 Å². The van der Waals surface area contributed by atoms with Crippen molar-refractivity contribution in [3.63, 3.8) is 0 Å². The molecule has 1 aromatic heterocycles. The van der Waals surface area contributed by atoms with Gasteiger partial charge in [-0.3, -0.25) is 9.69 Å². The highest BCUT2D eigenvalue weighted by Gasteiger charge is 2.24. The van der Waals surface area contributed by atoms with Crippen molar-refractivity contribution in [3.8, 4) is 0 Å². The summed E-state index contributed by atoms with van der Waals surface area (Å²) in [5.41, 5.74) is 0. The Kier molecular flexibility index (Phi) is 4.76. The number of nitrogens with two attached hydrogens (primary N) is 1. The zero-order valence-corrected chi connectivity index (χ0v) is 11.8. The number of rotatable bonds is 5. The number of nitrogens with zero attached hydrogens (tertiary/aromatic N) is 2. The van der Waals surface area contributed by atoms with Gasteiger partial charge in [0.05, 0.1) is 19.4 Å². The van der Waals surface area contributed by atoms with E-state index in [1.807, 2.05) is 4.90 Å². The maximum Gasteiger partial charge on any atom is 0.276 e. The van der Waals surface area contributed by atoms with Gasteiger partial charge in [-0.25, -0.2) is 5.14 Å². The van der Waals surface area contributed by atoms with Gasteiger partial charge in [0.25, 0.3) is 10.2 Å². The molecule has 1 aliphatic heterocycles. The SMILES string of the molecule is NS(=O)(=O)N1CCN(CC(=O)NCc2ccco2)CC1. The van der Waals surface area contributed by atoms with Gasteiger partial charge in [-0.15, -0.1) is 0 Å². The number of hydrogen-bond donors (Lipinski definition) is 2. The Morgan fingerprint density at radius 2 is 2.05 bits per heavy atom. The maximum atomic E-state index is 11.7. The van der Waals surface area contributed by atoms with E-state index < -0.39 is 10.2 Å². The fourth-order valence-electron chi connectivity index (χ4n) is 2.00. The summed E-state index contributed by atoms with van der Waals surface area (Å²) in [4.78, 5) is 13.6. The molecule has 1 aliphatic rings. The average Bonchev–Trinajstić information content (AvgIpc) is 2.89. The fraction of sp³-hybridized carbons (Fsp3) is 0.545. The molecule has 0 saturated carbocycles. The summed E-state index contributed by atoms with van der Waals surface area (Å²) >= 11 is 0. The van der Waals surface area contributed by atoms with Crippen LogP contribution in [0.2, 0.25) is 0 Å². The van der Waals surface area contributed by atoms with Gasteiger partial charge in [-0.05, 0) is 12.1 Å². The molecule has 0 bridgehead atoms. The molecule has 3 N–H and O–H groups in total. The highest BCUT2D eigenvalue weighted by molar-refractivity contribution is 7.86. The Bertz CT molecular complexity index is 535. The van der Waals surface area contributed by atoms with Crippen molar-refractivity contribution in [1.29, 1.82) is 0 Å². The third-order valence-electron chi connectivity index (χ3n) is 3.10. The van der Waals surface area contributed by atoms with Crippen LogP contribution in [-0.2, 0) is 21.5 Å². The monoisotopic (exact) mass is 302 g/mol. The molecule has 0 atom stereocenters. The first-order valence-corrected chi connectivity index (χ1v) is 7.75. The van der Waals surface area contributed by atoms with Crippen molar-refractivity contribution in [2.75, 3.05) is 32.7 Å². The Morgan fingerprint density at radius 3 is 2.60 bits per heavy atom. The van der Waals surface area contributed by atoms with E-state index in [2.05, 4.69) is 5.32 Å². The molecule has 1 aromatic rings. The van der Waals surface area contributed by atoms with E-state index in [-0.39, 0.29) is 12.5 Å². The molecule has 0 aliphatic carbocycles. The van der Waals surface area contributed by atoms with Crippen molar-refractivity contribution in [2.45, 2.75) is 6.54 Å². The smallest absolute Gasteiger partial charge is 0.276 e. The summed E-state index contributed by atoms with van der Waals surface area (Å²) in [6.45, 7) is 2.19. The predicted molar refractivity (Wildman–Crippen MR) is 71.7 cm³/mol. The minimum Gasteiger partial charge on any atom is -0.467 e. The zero-order valence-electron chi connectivity index (χ0n) is 11.0. The minimum atomic E-state index is -3.62. The van der Waals surface area contributed by atoms with Crippen LogP contribution in [0, 0.1) is 0 Å². The van der Waals surface area contributed by atoms with E-state index in [1.165, 1.54) is 4.31 Å². The first-order chi connectivity index (χ1) is 9.45. The molecular formula is C11H18N4O4S. The highest BCUT2D eigenvalue weighted by Crippen LogP contribution is 2.04. The van der Waals surface area contributed by atoms with E-state index in [1.54, 1.807) is 18.4 Å². The van der Waals surface area contributed by atoms with Crippen molar-refractivity contribution < 1.29 is 17.6 Å². The summed E-state index contributed by atoms with van der Waals surface area (Å²) in [5, 5.41) is 7.79. The largest absolute Gasteiger partial charge is 0.467 e. The van der Waals surface area contributed by atoms with Gasteiger partial charge < -0.3 is 9.73 Å². The zero-order chi connectivity index (χ0) is 14.6. The second-order valence-electron chi connectivity index (χ2n) is 4.58. The first kappa shape index (κ1) is 15.0. The number of piperazine rings is 1. The van der Waals surface area contributed by atoms with Gasteiger partial charge in [-0.1, -0.05) is 0 Å². The van der Waals surface area contributed by atoms with Gasteiger partial charge in [0.1, 0.15) is 5.76 Å². The molecule has 0 radical (unpaired) electrons. The lowest BCUT2D eigenvalue weighted by molar-refractivity contribution is -0.122. The fourth-order valence-corrected chi connectivity index (χ4v) is 2.67. The van der Waals surface area contributed by atoms with Crippen molar-refractivity contribution >= 4 is 16.1 Å². The highest BCUT2D eigenvalue weighted by atomic mass is 32.2. The molecule has 0 unspecified atom stereocenters. The molecule has 9 heteroatoms. The molecule has 20 heavy (non-hydrogen) atoms. The molecule has 112 valence electrons. The number of furan rings is 1. The summed E-state index contributed by atoms with van der Waals surface area (Å²) in [5.74, 6) is 0.572. The topological polar surface area (TPSA) is 109 Å². The summed E-state index contributed by atoms with van der Waals surface area (Å²) < 4.78 is 28.6. The number of nitrogens with one attached hydrogen (secondary N) is 1. The molecular weight excluding hydrogens is 284 g/mol. The van der Waals surface area contributed by atoms with E-state index >= 15 is 0 Å². The lowest BCUT2D eigenvalue weighted by atomic mass is 10.3. The van der Waals surface area contributed by atoms with Crippen molar-refractivity contribution in [2.24, 2.45) is 5.14 Å². The summed E-state index contributed by atoms with van der Waals surface area (Å²) in [6, 6.07) is 3.54. The quantitative estimate of drug-likeness (QED) is 0.704. The van der Waals surface area contributed by atoms with Crippen LogP contribution in [0.3, 0.4) is 0 Å². The molecule has 0 aromatic carbocycles. The first-order valence-electron chi connectivity index (χ1n) is 6.24. The number of amides is 1. The Balaban J connectivity index is 1.71. The average molecular weight is 302 g/mol. The van der Waals surface area contributed by atoms with Crippen LogP contribution in [0.1, 0.15) is 5.76 Å². The van der Waals surface area contributed by atoms with Crippen LogP contribution in [-0.4, -0.2) is 56.3 Å². The van der Waals surface area contributed by atoms with Crippen LogP contribution in [0.25, 0.3) is 0 Å². The second-order valence-corrected chi connectivity index (χ2v) is 6.12. The van der Waals surface area contributed by atoms with Crippen molar-refractivity contribution in [1.82, 2.24) is 14.5 Å². The van der Waals surface area contributed by atoms with Crippen LogP contribution < -0.4 is 10.5 Å². The minimum absolute atomic E-state index is 0.120. The van der Waals surface area contributed by atoms with Crippen molar-refractivity contribution in [3.05, 3.63) is 24.2 Å². The van der Waals surface area contributed by atoms with E-state index in [0.717, 1.165) is 0 Å². The Morgan fingerprint density at radius 1 is 1.35 bits per heavy atom. The molecule has 1 amide bonds. The van der Waals surface area contributed by atoms with Gasteiger partial charge >= 0.3 is 0 Å². The normalized spacial score (nSPS) is 18.1. The van der Waals surface area contributed by atoms with Crippen LogP contribution in [0.15, 0.2) is 22.8 Å². The Hall–Kier alpha value is -1.42. The van der Waals surface area contributed by atoms with E-state index in [9.17, 15) is 13.2 Å². The number of carbonyl (C=O) groups is 1. The lowest BCUT2D eigenvalue weighted by Gasteiger charge is -2.32. The van der Waals surface area contributed by atoms with Crippen LogP contribution in [0.4, 0.5) is 0 Å². The predicted octanol–water partition coefficient (Wildman–Crippen LogP) is -1.28. The molecule has 2 heterocycles. The maximum absolute atomic E-state index is 11.7. The van der Waals surface area contributed by atoms with Crippen LogP contribution >= 0.6 is 0 Å². The van der Waals surface area contributed by atoms with Gasteiger partial charge in [0, 0.05) is 26.2 Å². The molecule has 1 saturated heterocycles. The summed E-state index contributed by atoms with van der Waals surface area (Å²) in [7, 11) is -3.62. The molecule has 0 spiro atoms. The Labute approximate surface area is 117 Å². The molecule has 8 nitrogen and oxygen atoms in total. The van der Waals surface area contributed by atoms with Gasteiger partial charge in [0.2, 0.25) is 5.91 Å². The van der Waals surface area contributed by atoms with Gasteiger partial charge in [-0.2, -0.15) is 12.7 Å². The molecule has 1 fully saturated rings. The molecule has 2 rings (SSSR count). The second kappa shape index (κ2) is 6.35. The number of carbonyl (C=O) groups excluding carboxylic acids is 1. The number of hydrogen-bond acceptors (Lipinski definition) is 5. The third-order valence-corrected chi connectivity index (χ3v) is 4.18. The van der Waals surface area contributed by atoms with E-state index in [4.69, 9.17) is 9.56 Å². The lowest BCUT2D eigenvalue weighted by Crippen LogP contribution is -2.52. The van der Waals surface area contributed by atoms with Crippen LogP contribution in [0.5, 0.6) is 0 Å². The third kappa shape index (κ3) is 4.30. The van der Waals surface area contributed by atoms with E-state index in [0.29, 0.717) is 38.5 Å². The summed E-state index contributed by atoms with van der Waals surface area (Å²) in [6.07, 6.45) is 1.55. The standard InChI is InChI=1S/C11H18N4O4S/c12-20(17,18)15-5-3-14(4-6-15)9-11(16)13-8-10-2-1-7-19-10/h1-2,7H,3-6,8-9H2,(H,13,16)(H2,12,17,18).